The molecule has 5 nitrogen and oxygen atoms in total. The first-order valence-electron chi connectivity index (χ1n) is 8.88. The number of aromatic nitrogens is 1. The molecule has 6 heteroatoms. The van der Waals surface area contributed by atoms with Gasteiger partial charge < -0.3 is 4.90 Å². The molecule has 27 heavy (non-hydrogen) atoms. The molecule has 1 heterocycles. The van der Waals surface area contributed by atoms with Gasteiger partial charge in [0.25, 0.3) is 5.91 Å². The zero-order valence-corrected chi connectivity index (χ0v) is 16.9. The molecule has 0 saturated carbocycles. The van der Waals surface area contributed by atoms with E-state index < -0.39 is 0 Å². The van der Waals surface area contributed by atoms with E-state index in [9.17, 15) is 4.79 Å². The predicted molar refractivity (Wildman–Crippen MR) is 110 cm³/mol. The van der Waals surface area contributed by atoms with E-state index in [1.165, 1.54) is 16.0 Å². The van der Waals surface area contributed by atoms with Gasteiger partial charge in [0.2, 0.25) is 0 Å². The minimum absolute atomic E-state index is 0.0896. The van der Waals surface area contributed by atoms with Crippen LogP contribution in [0.15, 0.2) is 36.4 Å². The number of nitrogens with one attached hydrogen (secondary N) is 1. The Bertz CT molecular complexity index is 976. The third kappa shape index (κ3) is 4.16. The quantitative estimate of drug-likeness (QED) is 0.741. The molecular formula is C21H23N4OS+. The molecular weight excluding hydrogens is 356 g/mol. The number of nitriles is 1. The number of quaternary nitrogens is 1. The molecule has 3 aromatic rings. The van der Waals surface area contributed by atoms with Crippen molar-refractivity contribution in [3.05, 3.63) is 58.7 Å². The van der Waals surface area contributed by atoms with Gasteiger partial charge in [0.05, 0.1) is 49.0 Å². The van der Waals surface area contributed by atoms with Gasteiger partial charge in [-0.15, -0.1) is 0 Å². The number of rotatable bonds is 5. The summed E-state index contributed by atoms with van der Waals surface area (Å²) < 4.78 is 1.09. The number of hydrogen-bond acceptors (Lipinski definition) is 4. The number of fused-ring (bicyclic) bond motifs is 1. The van der Waals surface area contributed by atoms with E-state index in [2.05, 4.69) is 46.1 Å². The van der Waals surface area contributed by atoms with Crippen molar-refractivity contribution in [1.82, 2.24) is 4.98 Å². The van der Waals surface area contributed by atoms with Gasteiger partial charge in [-0.05, 0) is 61.4 Å². The summed E-state index contributed by atoms with van der Waals surface area (Å²) in [7, 11) is 4.13. The van der Waals surface area contributed by atoms with Crippen LogP contribution in [0.5, 0.6) is 0 Å². The number of hydrogen-bond donors (Lipinski definition) is 1. The van der Waals surface area contributed by atoms with E-state index in [0.29, 0.717) is 22.8 Å². The molecule has 138 valence electrons. The van der Waals surface area contributed by atoms with Crippen LogP contribution in [0.25, 0.3) is 10.2 Å². The first-order chi connectivity index (χ1) is 12.9. The minimum atomic E-state index is -0.0896. The molecule has 0 atom stereocenters. The average Bonchev–Trinajstić information content (AvgIpc) is 3.04. The fraction of sp³-hybridized carbons (Fsp3) is 0.286. The standard InChI is InChI=1S/C21H22N4OS/c1-14-11-18-19(12-15(14)2)27-21(23-18)25(10-9-24(3)4)20(26)17-7-5-16(13-22)6-8-17/h5-8,11-12H,9-10H2,1-4H3/p+1. The Kier molecular flexibility index (Phi) is 5.54. The number of carbonyl (C=O) groups is 1. The number of thiazole rings is 1. The highest BCUT2D eigenvalue weighted by Crippen LogP contribution is 2.31. The summed E-state index contributed by atoms with van der Waals surface area (Å²) in [5, 5.41) is 9.68. The molecule has 0 unspecified atom stereocenters. The number of aryl methyl sites for hydroxylation is 2. The van der Waals surface area contributed by atoms with Crippen LogP contribution in [0.1, 0.15) is 27.0 Å². The Morgan fingerprint density at radius 2 is 1.85 bits per heavy atom. The highest BCUT2D eigenvalue weighted by atomic mass is 32.1. The second-order valence-corrected chi connectivity index (χ2v) is 8.01. The van der Waals surface area contributed by atoms with Crippen LogP contribution in [0.2, 0.25) is 0 Å². The van der Waals surface area contributed by atoms with Crippen molar-refractivity contribution in [3.63, 3.8) is 0 Å². The van der Waals surface area contributed by atoms with E-state index in [4.69, 9.17) is 10.2 Å². The average molecular weight is 380 g/mol. The number of benzene rings is 2. The molecule has 0 aliphatic carbocycles. The molecule has 1 N–H and O–H groups in total. The van der Waals surface area contributed by atoms with Crippen molar-refractivity contribution in [3.8, 4) is 6.07 Å². The molecule has 0 saturated heterocycles. The maximum atomic E-state index is 13.2. The van der Waals surface area contributed by atoms with Gasteiger partial charge in [-0.1, -0.05) is 11.3 Å². The molecule has 0 radical (unpaired) electrons. The summed E-state index contributed by atoms with van der Waals surface area (Å²) in [4.78, 5) is 20.9. The lowest BCUT2D eigenvalue weighted by Gasteiger charge is -2.20. The van der Waals surface area contributed by atoms with Gasteiger partial charge >= 0.3 is 0 Å². The lowest BCUT2D eigenvalue weighted by molar-refractivity contribution is -0.856. The summed E-state index contributed by atoms with van der Waals surface area (Å²) in [6.45, 7) is 5.56. The van der Waals surface area contributed by atoms with Crippen LogP contribution >= 0.6 is 11.3 Å². The Labute approximate surface area is 163 Å². The summed E-state index contributed by atoms with van der Waals surface area (Å²) in [6, 6.07) is 13.1. The molecule has 0 aliphatic rings. The zero-order chi connectivity index (χ0) is 19.6. The van der Waals surface area contributed by atoms with Crippen LogP contribution in [0.3, 0.4) is 0 Å². The zero-order valence-electron chi connectivity index (χ0n) is 16.0. The summed E-state index contributed by atoms with van der Waals surface area (Å²) in [5.74, 6) is -0.0896. The van der Waals surface area contributed by atoms with Crippen LogP contribution in [0.4, 0.5) is 5.13 Å². The highest BCUT2D eigenvalue weighted by Gasteiger charge is 2.22. The second kappa shape index (κ2) is 7.87. The maximum Gasteiger partial charge on any atom is 0.260 e. The number of carbonyl (C=O) groups excluding carboxylic acids is 1. The van der Waals surface area contributed by atoms with Gasteiger partial charge in [0.1, 0.15) is 0 Å². The lowest BCUT2D eigenvalue weighted by atomic mass is 10.1. The SMILES string of the molecule is Cc1cc2nc(N(CC[NH+](C)C)C(=O)c3ccc(C#N)cc3)sc2cc1C. The Morgan fingerprint density at radius 1 is 1.19 bits per heavy atom. The molecule has 0 bridgehead atoms. The van der Waals surface area contributed by atoms with Crippen LogP contribution in [-0.2, 0) is 0 Å². The maximum absolute atomic E-state index is 13.2. The summed E-state index contributed by atoms with van der Waals surface area (Å²) in [5.41, 5.74) is 4.45. The first kappa shape index (κ1) is 19.0. The number of anilines is 1. The Morgan fingerprint density at radius 3 is 2.48 bits per heavy atom. The highest BCUT2D eigenvalue weighted by molar-refractivity contribution is 7.22. The molecule has 1 aromatic heterocycles. The number of nitrogens with zero attached hydrogens (tertiary/aromatic N) is 3. The smallest absolute Gasteiger partial charge is 0.260 e. The Hall–Kier alpha value is -2.75. The van der Waals surface area contributed by atoms with Crippen molar-refractivity contribution >= 4 is 32.6 Å². The van der Waals surface area contributed by atoms with E-state index in [1.807, 2.05) is 0 Å². The van der Waals surface area contributed by atoms with Gasteiger partial charge in [-0.2, -0.15) is 5.26 Å². The van der Waals surface area contributed by atoms with Gasteiger partial charge in [-0.25, -0.2) is 4.98 Å². The summed E-state index contributed by atoms with van der Waals surface area (Å²) in [6.07, 6.45) is 0. The van der Waals surface area contributed by atoms with Gasteiger partial charge in [-0.3, -0.25) is 9.69 Å². The number of likely N-dealkylation sites (N-methyl/N-ethyl adjacent to an activating group) is 1. The van der Waals surface area contributed by atoms with Crippen molar-refractivity contribution < 1.29 is 9.69 Å². The van der Waals surface area contributed by atoms with Crippen molar-refractivity contribution in [2.75, 3.05) is 32.1 Å². The Balaban J connectivity index is 1.99. The summed E-state index contributed by atoms with van der Waals surface area (Å²) >= 11 is 1.54. The van der Waals surface area contributed by atoms with Gasteiger partial charge in [0, 0.05) is 5.56 Å². The van der Waals surface area contributed by atoms with Crippen LogP contribution in [0, 0.1) is 25.2 Å². The predicted octanol–water partition coefficient (Wildman–Crippen LogP) is 2.58. The van der Waals surface area contributed by atoms with Crippen molar-refractivity contribution in [1.29, 1.82) is 5.26 Å². The molecule has 1 amide bonds. The van der Waals surface area contributed by atoms with Crippen LogP contribution in [-0.4, -0.2) is 38.1 Å². The van der Waals surface area contributed by atoms with Crippen molar-refractivity contribution in [2.45, 2.75) is 13.8 Å². The third-order valence-electron chi connectivity index (χ3n) is 4.57. The second-order valence-electron chi connectivity index (χ2n) is 7.00. The van der Waals surface area contributed by atoms with E-state index >= 15 is 0 Å². The molecule has 3 rings (SSSR count). The molecule has 0 aliphatic heterocycles. The molecule has 0 fully saturated rings. The van der Waals surface area contributed by atoms with Gasteiger partial charge in [0.15, 0.2) is 5.13 Å². The minimum Gasteiger partial charge on any atom is -0.338 e. The molecule has 2 aromatic carbocycles. The van der Waals surface area contributed by atoms with E-state index in [0.717, 1.165) is 16.8 Å². The molecule has 0 spiro atoms. The first-order valence-corrected chi connectivity index (χ1v) is 9.69. The van der Waals surface area contributed by atoms with E-state index in [-0.39, 0.29) is 5.91 Å². The van der Waals surface area contributed by atoms with E-state index in [1.54, 1.807) is 40.5 Å². The lowest BCUT2D eigenvalue weighted by Crippen LogP contribution is -3.06. The van der Waals surface area contributed by atoms with Crippen LogP contribution < -0.4 is 9.80 Å². The fourth-order valence-corrected chi connectivity index (χ4v) is 3.82. The largest absolute Gasteiger partial charge is 0.338 e. The number of amides is 1. The third-order valence-corrected chi connectivity index (χ3v) is 5.61. The topological polar surface area (TPSA) is 61.4 Å². The normalized spacial score (nSPS) is 11.0. The van der Waals surface area contributed by atoms with Crippen molar-refractivity contribution in [2.24, 2.45) is 0 Å². The fourth-order valence-electron chi connectivity index (χ4n) is 2.75. The monoisotopic (exact) mass is 379 g/mol.